The fourth-order valence-corrected chi connectivity index (χ4v) is 1.99. The molecular weight excluding hydrogens is 250 g/mol. The van der Waals surface area contributed by atoms with Crippen molar-refractivity contribution in [1.29, 1.82) is 0 Å². The Morgan fingerprint density at radius 1 is 1.29 bits per heavy atom. The Hall–Kier alpha value is 0.655. The van der Waals surface area contributed by atoms with Gasteiger partial charge in [-0.05, 0) is 24.2 Å². The maximum atomic E-state index is 10.9. The fraction of sp³-hybridized carbons (Fsp3) is 0.364. The molecule has 0 heterocycles. The Kier molecular flexibility index (Phi) is 3.87. The first-order valence-corrected chi connectivity index (χ1v) is 4.34. The van der Waals surface area contributed by atoms with E-state index in [0.717, 1.165) is 5.92 Å². The summed E-state index contributed by atoms with van der Waals surface area (Å²) in [6.45, 7) is 0. The summed E-state index contributed by atoms with van der Waals surface area (Å²) in [6.07, 6.45) is 2.68. The zero-order chi connectivity index (χ0) is 8.18. The molecule has 0 amide bonds. The van der Waals surface area contributed by atoms with Crippen LogP contribution in [0, 0.1) is 12.0 Å². The summed E-state index contributed by atoms with van der Waals surface area (Å²) in [5, 5.41) is 0. The van der Waals surface area contributed by atoms with Gasteiger partial charge in [-0.2, -0.15) is 12.1 Å². The Morgan fingerprint density at radius 3 is 2.50 bits per heavy atom. The zero-order valence-electron chi connectivity index (χ0n) is 8.16. The molecule has 1 aromatic rings. The van der Waals surface area contributed by atoms with Gasteiger partial charge in [0.15, 0.2) is 0 Å². The predicted octanol–water partition coefficient (Wildman–Crippen LogP) is -1.66. The van der Waals surface area contributed by atoms with Gasteiger partial charge in [-0.25, -0.2) is 0 Å². The van der Waals surface area contributed by atoms with E-state index in [-0.39, 0.29) is 69.1 Å². The number of fused-ring (bicyclic) bond motifs is 1. The van der Waals surface area contributed by atoms with Crippen LogP contribution in [0.5, 0.6) is 0 Å². The first-order chi connectivity index (χ1) is 5.81. The third-order valence-corrected chi connectivity index (χ3v) is 3.16. The van der Waals surface area contributed by atoms with E-state index < -0.39 is 0 Å². The molecule has 2 fully saturated rings. The van der Waals surface area contributed by atoms with Crippen LogP contribution in [0.3, 0.4) is 0 Å². The molecule has 0 atom stereocenters. The van der Waals surface area contributed by atoms with E-state index in [1.54, 1.807) is 12.1 Å². The molecule has 3 rings (SSSR count). The predicted molar refractivity (Wildman–Crippen MR) is 47.9 cm³/mol. The van der Waals surface area contributed by atoms with Gasteiger partial charge in [0.25, 0.3) is 0 Å². The Morgan fingerprint density at radius 2 is 1.93 bits per heavy atom. The minimum absolute atomic E-state index is 0. The van der Waals surface area contributed by atoms with Gasteiger partial charge in [-0.15, -0.1) is 23.8 Å². The van der Waals surface area contributed by atoms with Gasteiger partial charge in [0.2, 0.25) is 0 Å². The van der Waals surface area contributed by atoms with Gasteiger partial charge in [0.1, 0.15) is 0 Å². The van der Waals surface area contributed by atoms with Crippen LogP contribution in [-0.2, 0) is 5.41 Å². The van der Waals surface area contributed by atoms with Crippen molar-refractivity contribution >= 4 is 0 Å². The van der Waals surface area contributed by atoms with Crippen molar-refractivity contribution < 1.29 is 63.7 Å². The number of rotatable bonds is 1. The van der Waals surface area contributed by atoms with E-state index in [9.17, 15) is 4.79 Å². The molecule has 2 saturated carbocycles. The Bertz CT molecular complexity index is 397. The fourth-order valence-electron chi connectivity index (χ4n) is 1.99. The van der Waals surface area contributed by atoms with Gasteiger partial charge in [-0.3, -0.25) is 0 Å². The van der Waals surface area contributed by atoms with Crippen LogP contribution in [0.4, 0.5) is 0 Å². The van der Waals surface area contributed by atoms with Crippen molar-refractivity contribution in [3.05, 3.63) is 46.1 Å². The maximum Gasteiger partial charge on any atom is 1.00 e. The summed E-state index contributed by atoms with van der Waals surface area (Å²) < 4.78 is 0. The molecule has 0 radical (unpaired) electrons. The van der Waals surface area contributed by atoms with Crippen LogP contribution < -0.4 is 63.6 Å². The van der Waals surface area contributed by atoms with Gasteiger partial charge in [0, 0.05) is 0 Å². The zero-order valence-corrected chi connectivity index (χ0v) is 13.1. The average molecular weight is 260 g/mol. The quantitative estimate of drug-likeness (QED) is 0.567. The van der Waals surface area contributed by atoms with E-state index in [1.165, 1.54) is 18.4 Å². The minimum Gasteiger partial charge on any atom is -0.870 e. The summed E-state index contributed by atoms with van der Waals surface area (Å²) >= 11 is 0. The molecule has 2 aliphatic rings. The standard InChI is InChI=1S/C11H9O.H2O.Rb/c12-10-3-1-2-8(4-5-10)11-6-9(11)7-11;;/h1-2,4-5,9H,6-7H2;1H2;/q-1;;+1/p-1. The molecule has 0 unspecified atom stereocenters. The van der Waals surface area contributed by atoms with Crippen molar-refractivity contribution in [3.63, 3.8) is 0 Å². The van der Waals surface area contributed by atoms with Crippen molar-refractivity contribution in [2.24, 2.45) is 5.92 Å². The summed E-state index contributed by atoms with van der Waals surface area (Å²) in [5.41, 5.74) is 1.83. The van der Waals surface area contributed by atoms with Crippen LogP contribution >= 0.6 is 0 Å². The van der Waals surface area contributed by atoms with E-state index in [4.69, 9.17) is 0 Å². The van der Waals surface area contributed by atoms with Crippen molar-refractivity contribution in [1.82, 2.24) is 0 Å². The minimum atomic E-state index is -0.0181. The Balaban J connectivity index is 0.000000490. The number of hydrogen-bond acceptors (Lipinski definition) is 2. The smallest absolute Gasteiger partial charge is 0.870 e. The third-order valence-electron chi connectivity index (χ3n) is 3.16. The molecule has 68 valence electrons. The average Bonchev–Trinajstić information content (AvgIpc) is 2.75. The van der Waals surface area contributed by atoms with Gasteiger partial charge < -0.3 is 10.3 Å². The molecule has 3 heteroatoms. The van der Waals surface area contributed by atoms with Crippen molar-refractivity contribution in [3.8, 4) is 0 Å². The van der Waals surface area contributed by atoms with E-state index >= 15 is 0 Å². The summed E-state index contributed by atoms with van der Waals surface area (Å²) in [7, 11) is 0. The SMILES string of the molecule is O=c1[c-]ccc(C23CC2C3)cc1.[OH-].[Rb+]. The maximum absolute atomic E-state index is 10.9. The van der Waals surface area contributed by atoms with E-state index in [0.29, 0.717) is 5.41 Å². The van der Waals surface area contributed by atoms with Crippen LogP contribution in [0.15, 0.2) is 29.1 Å². The van der Waals surface area contributed by atoms with Crippen LogP contribution in [-0.4, -0.2) is 5.48 Å². The molecule has 2 aliphatic carbocycles. The topological polar surface area (TPSA) is 47.1 Å². The molecule has 0 bridgehead atoms. The van der Waals surface area contributed by atoms with Crippen LogP contribution in [0.1, 0.15) is 18.4 Å². The third kappa shape index (κ3) is 1.95. The molecule has 0 saturated heterocycles. The monoisotopic (exact) mass is 259 g/mol. The number of hydrogen-bond donors (Lipinski definition) is 0. The Labute approximate surface area is 132 Å². The molecule has 14 heavy (non-hydrogen) atoms. The summed E-state index contributed by atoms with van der Waals surface area (Å²) in [5.74, 6) is 0.940. The normalized spacial score (nSPS) is 30.4. The van der Waals surface area contributed by atoms with E-state index in [1.807, 2.05) is 12.1 Å². The van der Waals surface area contributed by atoms with Crippen LogP contribution in [0.25, 0.3) is 0 Å². The molecule has 0 aliphatic heterocycles. The molecule has 1 aromatic carbocycles. The molecule has 2 nitrogen and oxygen atoms in total. The van der Waals surface area contributed by atoms with Crippen LogP contribution in [0.2, 0.25) is 0 Å². The summed E-state index contributed by atoms with van der Waals surface area (Å²) in [4.78, 5) is 10.9. The first-order valence-electron chi connectivity index (χ1n) is 4.34. The second-order valence-corrected chi connectivity index (χ2v) is 3.89. The summed E-state index contributed by atoms with van der Waals surface area (Å²) in [6, 6.07) is 10.0. The van der Waals surface area contributed by atoms with E-state index in [2.05, 4.69) is 6.07 Å². The van der Waals surface area contributed by atoms with Gasteiger partial charge in [-0.1, -0.05) is 0 Å². The second-order valence-electron chi connectivity index (χ2n) is 3.89. The van der Waals surface area contributed by atoms with Crippen molar-refractivity contribution in [2.75, 3.05) is 0 Å². The first kappa shape index (κ1) is 12.7. The van der Waals surface area contributed by atoms with Crippen molar-refractivity contribution in [2.45, 2.75) is 18.3 Å². The molecular formula is C11H10O2Rb-. The second kappa shape index (κ2) is 4.26. The largest absolute Gasteiger partial charge is 1.00 e. The molecule has 0 aromatic heterocycles. The van der Waals surface area contributed by atoms with Gasteiger partial charge >= 0.3 is 58.2 Å². The van der Waals surface area contributed by atoms with Gasteiger partial charge in [0.05, 0.1) is 5.43 Å². The molecule has 1 N–H and O–H groups in total. The molecule has 0 spiro atoms.